The molecule has 8 nitrogen and oxygen atoms in total. The molecule has 3 N–H and O–H groups in total. The fourth-order valence-corrected chi connectivity index (χ4v) is 9.54. The summed E-state index contributed by atoms with van der Waals surface area (Å²) in [4.78, 5) is 23.2. The van der Waals surface area contributed by atoms with Crippen molar-refractivity contribution in [1.29, 1.82) is 0 Å². The number of likely N-dealkylation sites (N-methyl/N-ethyl adjacent to an activating group) is 1. The lowest BCUT2D eigenvalue weighted by Gasteiger charge is -2.25. The van der Waals surface area contributed by atoms with E-state index >= 15 is 0 Å². The molecule has 71 heavy (non-hydrogen) atoms. The van der Waals surface area contributed by atoms with Crippen molar-refractivity contribution in [2.24, 2.45) is 0 Å². The third kappa shape index (κ3) is 55.8. The zero-order valence-corrected chi connectivity index (χ0v) is 48.4. The quantitative estimate of drug-likeness (QED) is 0.0243. The van der Waals surface area contributed by atoms with Gasteiger partial charge in [0.2, 0.25) is 5.91 Å². The number of nitrogens with one attached hydrogen (secondary N) is 1. The van der Waals surface area contributed by atoms with Crippen molar-refractivity contribution in [2.45, 2.75) is 289 Å². The summed E-state index contributed by atoms with van der Waals surface area (Å²) in [5.74, 6) is -0.174. The SMILES string of the molecule is CC/C=C\C/C=C\C/C=C\C/C=C\CCCCCCCCCCCCCCCCCCCCCCCCCCC(=O)NC(COP(=O)(O)OCC[N+](C)(C)C)C(O)/C=C/CCCCCCCCCCCC. The number of carbonyl (C=O) groups excluding carboxylic acids is 1. The van der Waals surface area contributed by atoms with Crippen LogP contribution in [0.5, 0.6) is 0 Å². The van der Waals surface area contributed by atoms with Gasteiger partial charge in [0.15, 0.2) is 0 Å². The Labute approximate surface area is 441 Å². The number of carbonyl (C=O) groups is 1. The summed E-state index contributed by atoms with van der Waals surface area (Å²) in [7, 11) is 1.58. The fraction of sp³-hybridized carbons (Fsp3) is 0.823. The molecule has 0 aliphatic heterocycles. The molecule has 9 heteroatoms. The molecule has 0 fully saturated rings. The van der Waals surface area contributed by atoms with Crippen LogP contribution in [0.15, 0.2) is 60.8 Å². The largest absolute Gasteiger partial charge is 0.472 e. The lowest BCUT2D eigenvalue weighted by atomic mass is 10.0. The molecule has 0 aliphatic carbocycles. The van der Waals surface area contributed by atoms with Gasteiger partial charge in [0, 0.05) is 6.42 Å². The molecule has 0 heterocycles. The third-order valence-corrected chi connectivity index (χ3v) is 14.5. The van der Waals surface area contributed by atoms with E-state index in [-0.39, 0.29) is 19.1 Å². The van der Waals surface area contributed by atoms with E-state index in [1.807, 2.05) is 27.2 Å². The van der Waals surface area contributed by atoms with E-state index in [0.29, 0.717) is 17.4 Å². The van der Waals surface area contributed by atoms with Gasteiger partial charge in [-0.05, 0) is 57.8 Å². The van der Waals surface area contributed by atoms with Gasteiger partial charge >= 0.3 is 7.82 Å². The van der Waals surface area contributed by atoms with Gasteiger partial charge in [-0.15, -0.1) is 0 Å². The first-order valence-corrected chi connectivity index (χ1v) is 31.7. The Morgan fingerprint density at radius 1 is 0.493 bits per heavy atom. The number of hydrogen-bond donors (Lipinski definition) is 3. The first-order chi connectivity index (χ1) is 34.5. The van der Waals surface area contributed by atoms with E-state index in [0.717, 1.165) is 64.2 Å². The standard InChI is InChI=1S/C62H117N2O6P/c1-6-8-10-12-14-16-18-20-21-22-23-24-25-26-27-28-29-30-31-32-33-34-35-36-37-38-39-40-41-42-43-44-46-48-50-52-54-56-62(66)63-60(59-70-71(67,68)69-58-57-64(3,4)5)61(65)55-53-51-49-47-45-19-17-15-13-11-9-7-2/h8,10,14,16,20-21,23-24,53,55,60-61,65H,6-7,9,11-13,15,17-19,22,25-52,54,56-59H2,1-5H3,(H-,63,66,67,68)/p+1/b10-8-,16-14-,21-20-,24-23-,55-53+. The molecule has 0 aromatic rings. The highest BCUT2D eigenvalue weighted by molar-refractivity contribution is 7.47. The van der Waals surface area contributed by atoms with Crippen molar-refractivity contribution in [3.8, 4) is 0 Å². The highest BCUT2D eigenvalue weighted by atomic mass is 31.2. The number of aliphatic hydroxyl groups excluding tert-OH is 1. The van der Waals surface area contributed by atoms with Crippen LogP contribution in [0, 0.1) is 0 Å². The predicted molar refractivity (Wildman–Crippen MR) is 309 cm³/mol. The second-order valence-electron chi connectivity index (χ2n) is 21.7. The van der Waals surface area contributed by atoms with Crippen molar-refractivity contribution in [2.75, 3.05) is 40.9 Å². The van der Waals surface area contributed by atoms with Gasteiger partial charge in [0.25, 0.3) is 0 Å². The summed E-state index contributed by atoms with van der Waals surface area (Å²) < 4.78 is 23.7. The maximum absolute atomic E-state index is 13.0. The Morgan fingerprint density at radius 2 is 0.845 bits per heavy atom. The van der Waals surface area contributed by atoms with Crippen LogP contribution in [-0.4, -0.2) is 73.4 Å². The number of amides is 1. The lowest BCUT2D eigenvalue weighted by molar-refractivity contribution is -0.870. The van der Waals surface area contributed by atoms with E-state index in [4.69, 9.17) is 9.05 Å². The van der Waals surface area contributed by atoms with Gasteiger partial charge in [-0.3, -0.25) is 13.8 Å². The normalized spacial score (nSPS) is 14.3. The minimum atomic E-state index is -4.34. The number of unbranched alkanes of at least 4 members (excludes halogenated alkanes) is 34. The van der Waals surface area contributed by atoms with Crippen molar-refractivity contribution in [3.63, 3.8) is 0 Å². The highest BCUT2D eigenvalue weighted by Crippen LogP contribution is 2.43. The molecule has 0 saturated heterocycles. The lowest BCUT2D eigenvalue weighted by Crippen LogP contribution is -2.45. The molecule has 1 amide bonds. The summed E-state index contributed by atoms with van der Waals surface area (Å²) in [6.07, 6.45) is 72.1. The van der Waals surface area contributed by atoms with Gasteiger partial charge < -0.3 is 19.8 Å². The average Bonchev–Trinajstić information content (AvgIpc) is 3.33. The van der Waals surface area contributed by atoms with Gasteiger partial charge in [-0.1, -0.05) is 274 Å². The van der Waals surface area contributed by atoms with Gasteiger partial charge in [-0.2, -0.15) is 0 Å². The Kier molecular flexibility index (Phi) is 51.7. The number of aliphatic hydroxyl groups is 1. The molecule has 0 rings (SSSR count). The van der Waals surface area contributed by atoms with Crippen molar-refractivity contribution in [1.82, 2.24) is 5.32 Å². The maximum atomic E-state index is 13.0. The molecule has 0 bridgehead atoms. The number of phosphoric ester groups is 1. The van der Waals surface area contributed by atoms with Crippen LogP contribution in [0.2, 0.25) is 0 Å². The molecule has 0 aromatic heterocycles. The van der Waals surface area contributed by atoms with E-state index in [9.17, 15) is 19.4 Å². The second kappa shape index (κ2) is 53.0. The Morgan fingerprint density at radius 3 is 1.24 bits per heavy atom. The van der Waals surface area contributed by atoms with Gasteiger partial charge in [0.1, 0.15) is 13.2 Å². The fourth-order valence-electron chi connectivity index (χ4n) is 8.80. The minimum absolute atomic E-state index is 0.0623. The van der Waals surface area contributed by atoms with Crippen LogP contribution in [0.4, 0.5) is 0 Å². The average molecular weight is 1020 g/mol. The highest BCUT2D eigenvalue weighted by Gasteiger charge is 2.27. The van der Waals surface area contributed by atoms with Crippen molar-refractivity contribution >= 4 is 13.7 Å². The number of quaternary nitrogens is 1. The zero-order valence-electron chi connectivity index (χ0n) is 47.5. The third-order valence-electron chi connectivity index (χ3n) is 13.5. The first-order valence-electron chi connectivity index (χ1n) is 30.2. The molecule has 0 aromatic carbocycles. The summed E-state index contributed by atoms with van der Waals surface area (Å²) in [5.41, 5.74) is 0. The van der Waals surface area contributed by atoms with Crippen LogP contribution in [0.3, 0.4) is 0 Å². The number of phosphoric acid groups is 1. The monoisotopic (exact) mass is 1020 g/mol. The molecular weight excluding hydrogens is 900 g/mol. The molecule has 3 unspecified atom stereocenters. The summed E-state index contributed by atoms with van der Waals surface area (Å²) in [6, 6.07) is -0.844. The number of hydrogen-bond acceptors (Lipinski definition) is 5. The Hall–Kier alpha value is -1.80. The molecule has 416 valence electrons. The molecule has 0 saturated carbocycles. The van der Waals surface area contributed by atoms with E-state index in [1.165, 1.54) is 193 Å². The molecule has 0 aliphatic rings. The first kappa shape index (κ1) is 69.2. The van der Waals surface area contributed by atoms with Crippen LogP contribution in [0.1, 0.15) is 277 Å². The zero-order chi connectivity index (χ0) is 52.0. The summed E-state index contributed by atoms with van der Waals surface area (Å²) in [5, 5.41) is 13.9. The van der Waals surface area contributed by atoms with E-state index < -0.39 is 20.0 Å². The number of allylic oxidation sites excluding steroid dienone is 9. The molecule has 3 atom stereocenters. The van der Waals surface area contributed by atoms with Gasteiger partial charge in [-0.25, -0.2) is 4.57 Å². The second-order valence-corrected chi connectivity index (χ2v) is 23.2. The van der Waals surface area contributed by atoms with Crippen molar-refractivity contribution < 1.29 is 32.9 Å². The number of nitrogens with zero attached hydrogens (tertiary/aromatic N) is 1. The molecular formula is C62H118N2O6P+. The molecule has 0 radical (unpaired) electrons. The summed E-state index contributed by atoms with van der Waals surface area (Å²) >= 11 is 0. The topological polar surface area (TPSA) is 105 Å². The summed E-state index contributed by atoms with van der Waals surface area (Å²) in [6.45, 7) is 4.71. The van der Waals surface area contributed by atoms with Crippen molar-refractivity contribution in [3.05, 3.63) is 60.8 Å². The van der Waals surface area contributed by atoms with Crippen LogP contribution in [0.25, 0.3) is 0 Å². The van der Waals surface area contributed by atoms with Crippen LogP contribution in [-0.2, 0) is 18.4 Å². The Bertz CT molecular complexity index is 1340. The molecule has 0 spiro atoms. The van der Waals surface area contributed by atoms with Crippen LogP contribution < -0.4 is 5.32 Å². The smallest absolute Gasteiger partial charge is 0.387 e. The maximum Gasteiger partial charge on any atom is 0.472 e. The van der Waals surface area contributed by atoms with Gasteiger partial charge in [0.05, 0.1) is 39.9 Å². The number of rotatable bonds is 55. The Balaban J connectivity index is 3.90. The van der Waals surface area contributed by atoms with E-state index in [2.05, 4.69) is 67.8 Å². The minimum Gasteiger partial charge on any atom is -0.387 e. The predicted octanol–water partition coefficient (Wildman–Crippen LogP) is 18.5. The van der Waals surface area contributed by atoms with E-state index in [1.54, 1.807) is 6.08 Å². The van der Waals surface area contributed by atoms with Crippen LogP contribution >= 0.6 is 7.82 Å².